The zero-order valence-corrected chi connectivity index (χ0v) is 15.2. The minimum atomic E-state index is 0.288. The molecule has 0 N–H and O–H groups in total. The second-order valence-corrected chi connectivity index (χ2v) is 7.50. The lowest BCUT2D eigenvalue weighted by atomic mass is 10.0. The summed E-state index contributed by atoms with van der Waals surface area (Å²) in [6, 6.07) is 8.98. The van der Waals surface area contributed by atoms with E-state index < -0.39 is 0 Å². The minimum Gasteiger partial charge on any atom is -0.373 e. The third kappa shape index (κ3) is 4.37. The van der Waals surface area contributed by atoms with Crippen LogP contribution in [0.25, 0.3) is 0 Å². The van der Waals surface area contributed by atoms with Crippen LogP contribution in [0.1, 0.15) is 44.2 Å². The number of morpholine rings is 1. The number of ether oxygens (including phenoxy) is 1. The second kappa shape index (κ2) is 7.66. The molecular formula is C20H30N2O2. The smallest absolute Gasteiger partial charge is 0.222 e. The van der Waals surface area contributed by atoms with Crippen LogP contribution in [0.15, 0.2) is 24.3 Å². The molecule has 1 aromatic rings. The first-order valence-corrected chi connectivity index (χ1v) is 9.24. The Morgan fingerprint density at radius 1 is 1.17 bits per heavy atom. The normalized spacial score (nSPS) is 29.5. The predicted molar refractivity (Wildman–Crippen MR) is 95.8 cm³/mol. The van der Waals surface area contributed by atoms with Crippen LogP contribution >= 0.6 is 0 Å². The van der Waals surface area contributed by atoms with Crippen LogP contribution in [0.5, 0.6) is 0 Å². The summed E-state index contributed by atoms with van der Waals surface area (Å²) in [6.07, 6.45) is 3.28. The molecule has 0 radical (unpaired) electrons. The van der Waals surface area contributed by atoms with Crippen LogP contribution in [0.3, 0.4) is 0 Å². The first-order chi connectivity index (χ1) is 11.5. The topological polar surface area (TPSA) is 32.8 Å². The number of likely N-dealkylation sites (tertiary alicyclic amines) is 1. The van der Waals surface area contributed by atoms with Gasteiger partial charge in [-0.2, -0.15) is 0 Å². The molecule has 3 rings (SSSR count). The monoisotopic (exact) mass is 330 g/mol. The molecule has 2 fully saturated rings. The quantitative estimate of drug-likeness (QED) is 0.854. The highest BCUT2D eigenvalue weighted by Crippen LogP contribution is 2.23. The van der Waals surface area contributed by atoms with Crippen molar-refractivity contribution in [2.45, 2.75) is 64.8 Å². The Morgan fingerprint density at radius 3 is 2.62 bits per heavy atom. The van der Waals surface area contributed by atoms with Crippen LogP contribution in [0.2, 0.25) is 0 Å². The van der Waals surface area contributed by atoms with E-state index in [1.807, 2.05) is 4.90 Å². The van der Waals surface area contributed by atoms with E-state index in [0.29, 0.717) is 18.4 Å². The van der Waals surface area contributed by atoms with Gasteiger partial charge in [-0.1, -0.05) is 29.8 Å². The van der Waals surface area contributed by atoms with Crippen LogP contribution in [0, 0.1) is 6.92 Å². The first-order valence-electron chi connectivity index (χ1n) is 9.24. The second-order valence-electron chi connectivity index (χ2n) is 7.50. The molecule has 4 nitrogen and oxygen atoms in total. The summed E-state index contributed by atoms with van der Waals surface area (Å²) in [7, 11) is 0. The maximum atomic E-state index is 12.5. The number of amides is 1. The number of hydrogen-bond acceptors (Lipinski definition) is 3. The van der Waals surface area contributed by atoms with Gasteiger partial charge in [0.2, 0.25) is 5.91 Å². The van der Waals surface area contributed by atoms with Crippen molar-refractivity contribution in [1.29, 1.82) is 0 Å². The van der Waals surface area contributed by atoms with Gasteiger partial charge in [0, 0.05) is 38.6 Å². The van der Waals surface area contributed by atoms with E-state index in [0.717, 1.165) is 39.0 Å². The SMILES string of the molecule is Cc1cccc(CN2CCC(N3C[C@@H](C)O[C@@H](C)C3)CCC2=O)c1. The minimum absolute atomic E-state index is 0.288. The van der Waals surface area contributed by atoms with Crippen molar-refractivity contribution in [1.82, 2.24) is 9.80 Å². The maximum Gasteiger partial charge on any atom is 0.222 e. The lowest BCUT2D eigenvalue weighted by Gasteiger charge is -2.40. The Balaban J connectivity index is 1.61. The van der Waals surface area contributed by atoms with Gasteiger partial charge < -0.3 is 9.64 Å². The Hall–Kier alpha value is -1.39. The molecule has 132 valence electrons. The molecule has 4 heteroatoms. The molecule has 0 saturated carbocycles. The zero-order valence-electron chi connectivity index (χ0n) is 15.2. The van der Waals surface area contributed by atoms with Gasteiger partial charge in [0.05, 0.1) is 12.2 Å². The fourth-order valence-electron chi connectivity index (χ4n) is 4.10. The molecule has 1 amide bonds. The van der Waals surface area contributed by atoms with Crippen molar-refractivity contribution in [3.63, 3.8) is 0 Å². The molecular weight excluding hydrogens is 300 g/mol. The van der Waals surface area contributed by atoms with Crippen molar-refractivity contribution in [3.05, 3.63) is 35.4 Å². The number of carbonyl (C=O) groups is 1. The fourth-order valence-corrected chi connectivity index (χ4v) is 4.10. The molecule has 1 aromatic carbocycles. The molecule has 0 bridgehead atoms. The van der Waals surface area contributed by atoms with Crippen molar-refractivity contribution in [2.24, 2.45) is 0 Å². The number of rotatable bonds is 3. The summed E-state index contributed by atoms with van der Waals surface area (Å²) < 4.78 is 5.85. The standard InChI is InChI=1S/C20H30N2O2/c1-15-5-4-6-18(11-15)14-21-10-9-19(7-8-20(21)23)22-12-16(2)24-17(3)13-22/h4-6,11,16-17,19H,7-10,12-14H2,1-3H3/t16-,17+,19?. The first kappa shape index (κ1) is 17.4. The van der Waals surface area contributed by atoms with Gasteiger partial charge in [-0.3, -0.25) is 9.69 Å². The fraction of sp³-hybridized carbons (Fsp3) is 0.650. The van der Waals surface area contributed by atoms with Crippen molar-refractivity contribution >= 4 is 5.91 Å². The van der Waals surface area contributed by atoms with E-state index in [-0.39, 0.29) is 12.2 Å². The summed E-state index contributed by atoms with van der Waals surface area (Å²) in [6.45, 7) is 9.97. The van der Waals surface area contributed by atoms with Gasteiger partial charge in [0.1, 0.15) is 0 Å². The van der Waals surface area contributed by atoms with Gasteiger partial charge >= 0.3 is 0 Å². The molecule has 0 aromatic heterocycles. The van der Waals surface area contributed by atoms with Crippen LogP contribution in [-0.4, -0.2) is 53.6 Å². The molecule has 24 heavy (non-hydrogen) atoms. The number of nitrogens with zero attached hydrogens (tertiary/aromatic N) is 2. The highest BCUT2D eigenvalue weighted by Gasteiger charge is 2.31. The van der Waals surface area contributed by atoms with Gasteiger partial charge in [0.25, 0.3) is 0 Å². The summed E-state index contributed by atoms with van der Waals surface area (Å²) in [5.74, 6) is 0.299. The van der Waals surface area contributed by atoms with Crippen LogP contribution in [0.4, 0.5) is 0 Å². The zero-order chi connectivity index (χ0) is 17.1. The molecule has 3 atom stereocenters. The summed E-state index contributed by atoms with van der Waals surface area (Å²) >= 11 is 0. The van der Waals surface area contributed by atoms with Crippen LogP contribution in [-0.2, 0) is 16.1 Å². The number of carbonyl (C=O) groups excluding carboxylic acids is 1. The summed E-state index contributed by atoms with van der Waals surface area (Å²) in [4.78, 5) is 17.1. The average Bonchev–Trinajstić information content (AvgIpc) is 2.69. The molecule has 2 aliphatic heterocycles. The molecule has 2 heterocycles. The van der Waals surface area contributed by atoms with Crippen molar-refractivity contribution < 1.29 is 9.53 Å². The van der Waals surface area contributed by atoms with E-state index in [2.05, 4.69) is 49.9 Å². The average molecular weight is 330 g/mol. The number of hydrogen-bond donors (Lipinski definition) is 0. The third-order valence-electron chi connectivity index (χ3n) is 5.20. The Bertz CT molecular complexity index is 565. The molecule has 1 unspecified atom stereocenters. The van der Waals surface area contributed by atoms with Gasteiger partial charge in [-0.15, -0.1) is 0 Å². The van der Waals surface area contributed by atoms with E-state index in [1.165, 1.54) is 11.1 Å². The molecule has 2 saturated heterocycles. The Kier molecular flexibility index (Phi) is 5.57. The van der Waals surface area contributed by atoms with E-state index in [1.54, 1.807) is 0 Å². The number of aryl methyl sites for hydroxylation is 1. The summed E-state index contributed by atoms with van der Waals surface area (Å²) in [5, 5.41) is 0. The van der Waals surface area contributed by atoms with Crippen LogP contribution < -0.4 is 0 Å². The van der Waals surface area contributed by atoms with Gasteiger partial charge in [-0.25, -0.2) is 0 Å². The van der Waals surface area contributed by atoms with E-state index in [9.17, 15) is 4.79 Å². The third-order valence-corrected chi connectivity index (χ3v) is 5.20. The molecule has 0 aliphatic carbocycles. The molecule has 2 aliphatic rings. The Morgan fingerprint density at radius 2 is 1.92 bits per heavy atom. The lowest BCUT2D eigenvalue weighted by Crippen LogP contribution is -2.50. The van der Waals surface area contributed by atoms with Crippen molar-refractivity contribution in [3.8, 4) is 0 Å². The predicted octanol–water partition coefficient (Wildman–Crippen LogP) is 2.99. The molecule has 0 spiro atoms. The van der Waals surface area contributed by atoms with Crippen molar-refractivity contribution in [2.75, 3.05) is 19.6 Å². The highest BCUT2D eigenvalue weighted by molar-refractivity contribution is 5.76. The lowest BCUT2D eigenvalue weighted by molar-refractivity contribution is -0.131. The summed E-state index contributed by atoms with van der Waals surface area (Å²) in [5.41, 5.74) is 2.49. The van der Waals surface area contributed by atoms with E-state index in [4.69, 9.17) is 4.74 Å². The van der Waals surface area contributed by atoms with Gasteiger partial charge in [0.15, 0.2) is 0 Å². The number of benzene rings is 1. The largest absolute Gasteiger partial charge is 0.373 e. The highest BCUT2D eigenvalue weighted by atomic mass is 16.5. The maximum absolute atomic E-state index is 12.5. The van der Waals surface area contributed by atoms with Gasteiger partial charge in [-0.05, 0) is 39.2 Å². The Labute approximate surface area is 145 Å². The van der Waals surface area contributed by atoms with E-state index >= 15 is 0 Å².